The molecule has 2 aromatic rings. The maximum Gasteiger partial charge on any atom is 0.378 e. The molecule has 0 aromatic heterocycles. The summed E-state index contributed by atoms with van der Waals surface area (Å²) in [4.78, 5) is 19.4. The molecule has 0 unspecified atom stereocenters. The van der Waals surface area contributed by atoms with Gasteiger partial charge in [0.2, 0.25) is 0 Å². The third kappa shape index (κ3) is 2.44. The molecule has 0 amide bonds. The van der Waals surface area contributed by atoms with Crippen molar-refractivity contribution in [2.45, 2.75) is 25.2 Å². The molecule has 0 atom stereocenters. The Morgan fingerprint density at radius 1 is 0.880 bits per heavy atom. The third-order valence-electron chi connectivity index (χ3n) is 6.03. The zero-order valence-corrected chi connectivity index (χ0v) is 14.2. The highest BCUT2D eigenvalue weighted by Crippen LogP contribution is 2.45. The SMILES string of the molecule is O=C(O[N+]12CCC(CC1)CC2)C1c2ccccc2Oc2ccccc21. The number of hydrogen-bond donors (Lipinski definition) is 0. The molecule has 128 valence electrons. The maximum atomic E-state index is 13.3. The molecule has 0 N–H and O–H groups in total. The molecule has 4 nitrogen and oxygen atoms in total. The van der Waals surface area contributed by atoms with Crippen LogP contribution in [0.25, 0.3) is 0 Å². The summed E-state index contributed by atoms with van der Waals surface area (Å²) < 4.78 is 6.51. The number of carbonyl (C=O) groups excluding carboxylic acids is 1. The number of carbonyl (C=O) groups is 1. The van der Waals surface area contributed by atoms with Gasteiger partial charge >= 0.3 is 5.97 Å². The van der Waals surface area contributed by atoms with Crippen molar-refractivity contribution in [1.82, 2.24) is 0 Å². The third-order valence-corrected chi connectivity index (χ3v) is 6.03. The zero-order chi connectivity index (χ0) is 16.9. The van der Waals surface area contributed by atoms with Gasteiger partial charge in [0.25, 0.3) is 0 Å². The smallest absolute Gasteiger partial charge is 0.378 e. The Balaban J connectivity index is 1.51. The highest BCUT2D eigenvalue weighted by molar-refractivity contribution is 5.85. The summed E-state index contributed by atoms with van der Waals surface area (Å²) in [7, 11) is 0. The Hall–Kier alpha value is -2.33. The lowest BCUT2D eigenvalue weighted by Gasteiger charge is -2.45. The van der Waals surface area contributed by atoms with Crippen molar-refractivity contribution < 1.29 is 19.0 Å². The largest absolute Gasteiger partial charge is 0.457 e. The number of nitrogens with zero attached hydrogens (tertiary/aromatic N) is 1. The van der Waals surface area contributed by atoms with Crippen molar-refractivity contribution in [2.24, 2.45) is 5.92 Å². The first-order valence-electron chi connectivity index (χ1n) is 9.19. The number of piperidine rings is 3. The van der Waals surface area contributed by atoms with E-state index in [1.54, 1.807) is 0 Å². The van der Waals surface area contributed by atoms with Gasteiger partial charge in [0.1, 0.15) is 37.1 Å². The van der Waals surface area contributed by atoms with Crippen LogP contribution in [0.2, 0.25) is 0 Å². The second-order valence-electron chi connectivity index (χ2n) is 7.48. The summed E-state index contributed by atoms with van der Waals surface area (Å²) in [5.74, 6) is 1.78. The second kappa shape index (κ2) is 5.60. The van der Waals surface area contributed by atoms with Gasteiger partial charge in [-0.3, -0.25) is 4.84 Å². The van der Waals surface area contributed by atoms with Gasteiger partial charge in [0.05, 0.1) is 0 Å². The summed E-state index contributed by atoms with van der Waals surface area (Å²) in [6.45, 7) is 2.88. The Bertz CT molecular complexity index is 764. The molecule has 0 spiro atoms. The molecule has 2 bridgehead atoms. The molecule has 3 fully saturated rings. The van der Waals surface area contributed by atoms with Gasteiger partial charge in [-0.1, -0.05) is 36.4 Å². The number of quaternary nitrogens is 1. The normalized spacial score (nSPS) is 27.1. The van der Waals surface area contributed by atoms with Crippen LogP contribution in [0.5, 0.6) is 11.5 Å². The molecule has 0 radical (unpaired) electrons. The number of ether oxygens (including phenoxy) is 1. The van der Waals surface area contributed by atoms with Gasteiger partial charge in [-0.2, -0.15) is 0 Å². The molecule has 0 aliphatic carbocycles. The fourth-order valence-corrected chi connectivity index (χ4v) is 4.57. The highest BCUT2D eigenvalue weighted by atomic mass is 16.7. The first-order chi connectivity index (χ1) is 12.2. The van der Waals surface area contributed by atoms with E-state index in [2.05, 4.69) is 0 Å². The quantitative estimate of drug-likeness (QED) is 0.777. The molecule has 4 heteroatoms. The summed E-state index contributed by atoms with van der Waals surface area (Å²) in [5, 5.41) is 0. The number of hydrogen-bond acceptors (Lipinski definition) is 3. The Labute approximate surface area is 147 Å². The van der Waals surface area contributed by atoms with E-state index in [9.17, 15) is 4.79 Å². The minimum absolute atomic E-state index is 0.149. The summed E-state index contributed by atoms with van der Waals surface area (Å²) in [6, 6.07) is 15.6. The van der Waals surface area contributed by atoms with Gasteiger partial charge in [0, 0.05) is 30.4 Å². The van der Waals surface area contributed by atoms with Crippen LogP contribution in [0.4, 0.5) is 0 Å². The van der Waals surface area contributed by atoms with Crippen LogP contribution in [-0.2, 0) is 9.63 Å². The average molecular weight is 336 g/mol. The lowest BCUT2D eigenvalue weighted by Crippen LogP contribution is -2.59. The molecule has 2 aromatic carbocycles. The molecular formula is C21H22NO3+. The number of rotatable bonds is 2. The second-order valence-corrected chi connectivity index (χ2v) is 7.48. The van der Waals surface area contributed by atoms with Crippen LogP contribution in [-0.4, -0.2) is 30.2 Å². The van der Waals surface area contributed by atoms with Gasteiger partial charge in [-0.15, -0.1) is 4.65 Å². The van der Waals surface area contributed by atoms with Crippen LogP contribution in [0.1, 0.15) is 36.3 Å². The van der Waals surface area contributed by atoms with E-state index in [4.69, 9.17) is 9.57 Å². The maximum absolute atomic E-state index is 13.3. The fraction of sp³-hybridized carbons (Fsp3) is 0.381. The predicted octanol–water partition coefficient (Wildman–Crippen LogP) is 4.01. The van der Waals surface area contributed by atoms with Crippen LogP contribution >= 0.6 is 0 Å². The summed E-state index contributed by atoms with van der Waals surface area (Å²) in [6.07, 6.45) is 3.52. The van der Waals surface area contributed by atoms with Crippen molar-refractivity contribution in [1.29, 1.82) is 0 Å². The molecule has 4 aliphatic heterocycles. The lowest BCUT2D eigenvalue weighted by molar-refractivity contribution is -1.10. The molecule has 4 aliphatic rings. The average Bonchev–Trinajstić information content (AvgIpc) is 2.67. The van der Waals surface area contributed by atoms with Crippen molar-refractivity contribution in [2.75, 3.05) is 19.6 Å². The molecule has 0 saturated carbocycles. The monoisotopic (exact) mass is 336 g/mol. The van der Waals surface area contributed by atoms with E-state index in [-0.39, 0.29) is 5.97 Å². The van der Waals surface area contributed by atoms with Gasteiger partial charge in [-0.05, 0) is 18.1 Å². The molecular weight excluding hydrogens is 314 g/mol. The Kier molecular flexibility index (Phi) is 3.35. The first-order valence-corrected chi connectivity index (χ1v) is 9.19. The molecule has 3 saturated heterocycles. The highest BCUT2D eigenvalue weighted by Gasteiger charge is 2.46. The van der Waals surface area contributed by atoms with E-state index in [1.165, 1.54) is 19.3 Å². The van der Waals surface area contributed by atoms with Crippen LogP contribution in [0.15, 0.2) is 48.5 Å². The van der Waals surface area contributed by atoms with Crippen LogP contribution in [0.3, 0.4) is 0 Å². The van der Waals surface area contributed by atoms with Gasteiger partial charge in [-0.25, -0.2) is 4.79 Å². The van der Waals surface area contributed by atoms with E-state index in [0.29, 0.717) is 4.65 Å². The minimum Gasteiger partial charge on any atom is -0.457 e. The summed E-state index contributed by atoms with van der Waals surface area (Å²) >= 11 is 0. The van der Waals surface area contributed by atoms with Gasteiger partial charge in [0.15, 0.2) is 0 Å². The Morgan fingerprint density at radius 3 is 1.96 bits per heavy atom. The zero-order valence-electron chi connectivity index (χ0n) is 14.2. The predicted molar refractivity (Wildman–Crippen MR) is 93.1 cm³/mol. The van der Waals surface area contributed by atoms with E-state index < -0.39 is 5.92 Å². The molecule has 6 rings (SSSR count). The van der Waals surface area contributed by atoms with Crippen molar-refractivity contribution in [3.05, 3.63) is 59.7 Å². The first kappa shape index (κ1) is 15.0. The van der Waals surface area contributed by atoms with Crippen molar-refractivity contribution in [3.8, 4) is 11.5 Å². The number of para-hydroxylation sites is 2. The van der Waals surface area contributed by atoms with Crippen molar-refractivity contribution in [3.63, 3.8) is 0 Å². The molecule has 25 heavy (non-hydrogen) atoms. The van der Waals surface area contributed by atoms with Crippen molar-refractivity contribution >= 4 is 5.97 Å². The number of fused-ring (bicyclic) bond motifs is 5. The fourth-order valence-electron chi connectivity index (χ4n) is 4.57. The van der Waals surface area contributed by atoms with Crippen LogP contribution < -0.4 is 4.74 Å². The van der Waals surface area contributed by atoms with E-state index in [0.717, 1.165) is 48.2 Å². The van der Waals surface area contributed by atoms with Gasteiger partial charge < -0.3 is 4.74 Å². The lowest BCUT2D eigenvalue weighted by atomic mass is 9.87. The van der Waals surface area contributed by atoms with E-state index >= 15 is 0 Å². The molecule has 4 heterocycles. The number of benzene rings is 2. The van der Waals surface area contributed by atoms with Crippen LogP contribution in [0, 0.1) is 5.92 Å². The Morgan fingerprint density at radius 2 is 1.40 bits per heavy atom. The summed E-state index contributed by atoms with van der Waals surface area (Å²) in [5.41, 5.74) is 1.80. The topological polar surface area (TPSA) is 35.5 Å². The van der Waals surface area contributed by atoms with E-state index in [1.807, 2.05) is 48.5 Å². The minimum atomic E-state index is -0.409. The standard InChI is InChI=1S/C21H22NO3/c23-21(25-22-12-9-15(10-13-22)11-14-22)20-16-5-1-3-7-18(16)24-19-8-4-2-6-17(19)20/h1-8,15,20H,9-14H2/q+1. The number of hydroxylamine groups is 3.